The van der Waals surface area contributed by atoms with Crippen LogP contribution in [-0.2, 0) is 0 Å². The Bertz CT molecular complexity index is 95.7. The summed E-state index contributed by atoms with van der Waals surface area (Å²) < 4.78 is 1.69. The highest BCUT2D eigenvalue weighted by Crippen LogP contribution is 2.41. The van der Waals surface area contributed by atoms with Crippen LogP contribution in [0.1, 0.15) is 33.1 Å². The first-order valence-electron chi connectivity index (χ1n) is 4.40. The second-order valence-corrected chi connectivity index (χ2v) is 5.99. The van der Waals surface area contributed by atoms with Crippen molar-refractivity contribution in [1.29, 1.82) is 0 Å². The van der Waals surface area contributed by atoms with Crippen LogP contribution in [-0.4, -0.2) is 11.5 Å². The molecule has 1 aliphatic heterocycles. The number of rotatable bonds is 3. The molecule has 0 N–H and O–H groups in total. The highest BCUT2D eigenvalue weighted by molar-refractivity contribution is 8.21. The summed E-state index contributed by atoms with van der Waals surface area (Å²) in [7, 11) is 0. The van der Waals surface area contributed by atoms with Crippen LogP contribution in [0.15, 0.2) is 0 Å². The van der Waals surface area contributed by atoms with E-state index in [9.17, 15) is 0 Å². The molecule has 0 spiro atoms. The molecule has 0 aromatic rings. The summed E-state index contributed by atoms with van der Waals surface area (Å²) in [6, 6.07) is 0. The molecule has 0 aromatic heterocycles. The van der Waals surface area contributed by atoms with Crippen molar-refractivity contribution in [3.63, 3.8) is 0 Å². The van der Waals surface area contributed by atoms with Gasteiger partial charge in [-0.1, -0.05) is 20.3 Å². The molecule has 1 fully saturated rings. The largest absolute Gasteiger partial charge is 0.337 e. The minimum Gasteiger partial charge on any atom is -0.337 e. The van der Waals surface area contributed by atoms with Crippen LogP contribution in [0.25, 0.3) is 0 Å². The van der Waals surface area contributed by atoms with Crippen LogP contribution in [0.2, 0.25) is 0 Å². The van der Waals surface area contributed by atoms with Crippen LogP contribution >= 0.6 is 23.5 Å². The molecule has 1 saturated heterocycles. The van der Waals surface area contributed by atoms with Crippen molar-refractivity contribution in [1.82, 2.24) is 0 Å². The van der Waals surface area contributed by atoms with E-state index in [0.717, 1.165) is 5.92 Å². The van der Waals surface area contributed by atoms with Gasteiger partial charge in [0, 0.05) is 0 Å². The van der Waals surface area contributed by atoms with E-state index >= 15 is 0 Å². The third kappa shape index (κ3) is 4.32. The number of hydrogen-bond acceptors (Lipinski definition) is 2. The maximum absolute atomic E-state index is 2.30. The van der Waals surface area contributed by atoms with Crippen molar-refractivity contribution in [2.75, 3.05) is 11.5 Å². The Morgan fingerprint density at radius 2 is 1.91 bits per heavy atom. The van der Waals surface area contributed by atoms with E-state index in [2.05, 4.69) is 37.4 Å². The molecule has 0 nitrogen and oxygen atoms in total. The zero-order valence-corrected chi connectivity index (χ0v) is 9.06. The first kappa shape index (κ1) is 9.79. The topological polar surface area (TPSA) is 0 Å². The quantitative estimate of drug-likeness (QED) is 0.620. The minimum atomic E-state index is 0.866. The fourth-order valence-corrected chi connectivity index (χ4v) is 3.60. The van der Waals surface area contributed by atoms with Crippen LogP contribution in [0.4, 0.5) is 0 Å². The molecule has 0 amide bonds. The highest BCUT2D eigenvalue weighted by atomic mass is 32.2. The molecule has 1 aliphatic rings. The standard InChI is InChI=1S/C9H17S2/c1-8(2)4-5-9-10-6-3-7-11-9/h8H,3-7H2,1-2H3/q-1. The van der Waals surface area contributed by atoms with Gasteiger partial charge in [0.05, 0.1) is 0 Å². The average molecular weight is 189 g/mol. The summed E-state index contributed by atoms with van der Waals surface area (Å²) in [6.07, 6.45) is 4.11. The maximum atomic E-state index is 2.30. The van der Waals surface area contributed by atoms with Gasteiger partial charge < -0.3 is 23.5 Å². The molecule has 0 radical (unpaired) electrons. The van der Waals surface area contributed by atoms with Crippen molar-refractivity contribution in [2.45, 2.75) is 33.1 Å². The Balaban J connectivity index is 2.05. The van der Waals surface area contributed by atoms with Gasteiger partial charge >= 0.3 is 0 Å². The summed E-state index contributed by atoms with van der Waals surface area (Å²) in [4.78, 5) is 0. The van der Waals surface area contributed by atoms with Crippen molar-refractivity contribution >= 4 is 23.5 Å². The fraction of sp³-hybridized carbons (Fsp3) is 0.889. The van der Waals surface area contributed by atoms with Gasteiger partial charge in [-0.25, -0.2) is 4.58 Å². The third-order valence-corrected chi connectivity index (χ3v) is 4.49. The molecular formula is C9H17S2-. The molecular weight excluding hydrogens is 172 g/mol. The lowest BCUT2D eigenvalue weighted by molar-refractivity contribution is 0.587. The molecule has 1 rings (SSSR count). The summed E-state index contributed by atoms with van der Waals surface area (Å²) >= 11 is 4.17. The van der Waals surface area contributed by atoms with Gasteiger partial charge in [-0.15, -0.1) is 0 Å². The van der Waals surface area contributed by atoms with E-state index in [-0.39, 0.29) is 0 Å². The predicted octanol–water partition coefficient (Wildman–Crippen LogP) is 3.78. The molecule has 2 heteroatoms. The highest BCUT2D eigenvalue weighted by Gasteiger charge is 2.01. The summed E-state index contributed by atoms with van der Waals surface area (Å²) in [5.41, 5.74) is 0. The smallest absolute Gasteiger partial charge is 0.0357 e. The lowest BCUT2D eigenvalue weighted by Crippen LogP contribution is -2.00. The second kappa shape index (κ2) is 5.36. The van der Waals surface area contributed by atoms with Gasteiger partial charge in [0.1, 0.15) is 0 Å². The third-order valence-electron chi connectivity index (χ3n) is 1.74. The Morgan fingerprint density at radius 3 is 2.45 bits per heavy atom. The van der Waals surface area contributed by atoms with Gasteiger partial charge in [-0.2, -0.15) is 6.42 Å². The first-order chi connectivity index (χ1) is 5.29. The molecule has 0 aliphatic carbocycles. The first-order valence-corrected chi connectivity index (χ1v) is 6.37. The van der Waals surface area contributed by atoms with E-state index < -0.39 is 0 Å². The molecule has 0 saturated carbocycles. The summed E-state index contributed by atoms with van der Waals surface area (Å²) in [5, 5.41) is 0. The normalized spacial score (nSPS) is 21.0. The van der Waals surface area contributed by atoms with Gasteiger partial charge in [0.2, 0.25) is 0 Å². The van der Waals surface area contributed by atoms with Crippen LogP contribution < -0.4 is 0 Å². The average Bonchev–Trinajstić information content (AvgIpc) is 2.03. The Hall–Kier alpha value is 0.700. The predicted molar refractivity (Wildman–Crippen MR) is 56.8 cm³/mol. The monoisotopic (exact) mass is 189 g/mol. The van der Waals surface area contributed by atoms with Gasteiger partial charge in [0.15, 0.2) is 0 Å². The number of thioether (sulfide) groups is 2. The lowest BCUT2D eigenvalue weighted by atomic mass is 10.1. The van der Waals surface area contributed by atoms with E-state index in [4.69, 9.17) is 0 Å². The molecule has 1 heterocycles. The molecule has 0 unspecified atom stereocenters. The molecule has 66 valence electrons. The van der Waals surface area contributed by atoms with Crippen molar-refractivity contribution in [3.05, 3.63) is 4.58 Å². The zero-order valence-electron chi connectivity index (χ0n) is 7.43. The maximum Gasteiger partial charge on any atom is -0.0357 e. The lowest BCUT2D eigenvalue weighted by Gasteiger charge is -2.35. The van der Waals surface area contributed by atoms with Gasteiger partial charge in [-0.05, 0) is 23.8 Å². The van der Waals surface area contributed by atoms with Crippen LogP contribution in [0.3, 0.4) is 0 Å². The Morgan fingerprint density at radius 1 is 1.27 bits per heavy atom. The van der Waals surface area contributed by atoms with Crippen molar-refractivity contribution in [3.8, 4) is 0 Å². The van der Waals surface area contributed by atoms with Gasteiger partial charge in [-0.3, -0.25) is 0 Å². The second-order valence-electron chi connectivity index (χ2n) is 3.36. The number of hydrogen-bond donors (Lipinski definition) is 0. The van der Waals surface area contributed by atoms with Gasteiger partial charge in [0.25, 0.3) is 0 Å². The van der Waals surface area contributed by atoms with E-state index in [1.165, 1.54) is 30.8 Å². The van der Waals surface area contributed by atoms with Crippen LogP contribution in [0.5, 0.6) is 0 Å². The summed E-state index contributed by atoms with van der Waals surface area (Å²) in [5.74, 6) is 3.59. The zero-order chi connectivity index (χ0) is 8.10. The summed E-state index contributed by atoms with van der Waals surface area (Å²) in [6.45, 7) is 4.61. The molecule has 11 heavy (non-hydrogen) atoms. The van der Waals surface area contributed by atoms with E-state index in [1.807, 2.05) is 0 Å². The Labute approximate surface area is 78.9 Å². The molecule has 0 atom stereocenters. The SMILES string of the molecule is CC(C)CC[C-]1SCCCS1. The minimum absolute atomic E-state index is 0.866. The van der Waals surface area contributed by atoms with Crippen LogP contribution in [0, 0.1) is 10.5 Å². The molecule has 0 aromatic carbocycles. The molecule has 0 bridgehead atoms. The van der Waals surface area contributed by atoms with E-state index in [1.54, 1.807) is 4.58 Å². The fourth-order valence-electron chi connectivity index (χ4n) is 1.02. The van der Waals surface area contributed by atoms with E-state index in [0.29, 0.717) is 0 Å². The van der Waals surface area contributed by atoms with Crippen molar-refractivity contribution in [2.24, 2.45) is 5.92 Å². The van der Waals surface area contributed by atoms with Crippen molar-refractivity contribution < 1.29 is 0 Å². The Kier molecular flexibility index (Phi) is 4.77.